The van der Waals surface area contributed by atoms with E-state index in [0.29, 0.717) is 16.9 Å². The van der Waals surface area contributed by atoms with Gasteiger partial charge in [0.1, 0.15) is 12.1 Å². The fourth-order valence-corrected chi connectivity index (χ4v) is 2.26. The first-order valence-electron chi connectivity index (χ1n) is 7.29. The van der Waals surface area contributed by atoms with Crippen LogP contribution < -0.4 is 5.32 Å². The summed E-state index contributed by atoms with van der Waals surface area (Å²) in [7, 11) is 0. The molecule has 6 nitrogen and oxygen atoms in total. The summed E-state index contributed by atoms with van der Waals surface area (Å²) in [4.78, 5) is 12.4. The predicted octanol–water partition coefficient (Wildman–Crippen LogP) is 2.98. The van der Waals surface area contributed by atoms with Gasteiger partial charge in [0.05, 0.1) is 11.3 Å². The second kappa shape index (κ2) is 5.39. The van der Waals surface area contributed by atoms with Crippen LogP contribution in [0.25, 0.3) is 5.65 Å². The Hall–Kier alpha value is -2.89. The second-order valence-electron chi connectivity index (χ2n) is 6.45. The van der Waals surface area contributed by atoms with Crippen molar-refractivity contribution in [2.24, 2.45) is 0 Å². The molecule has 0 aliphatic rings. The van der Waals surface area contributed by atoms with Gasteiger partial charge in [0, 0.05) is 6.20 Å². The van der Waals surface area contributed by atoms with Crippen LogP contribution in [0.3, 0.4) is 0 Å². The summed E-state index contributed by atoms with van der Waals surface area (Å²) in [5, 5.41) is 20.4. The number of hydrogen-bond acceptors (Lipinski definition) is 4. The van der Waals surface area contributed by atoms with Crippen LogP contribution in [0, 0.1) is 0 Å². The highest BCUT2D eigenvalue weighted by molar-refractivity contribution is 6.05. The molecule has 0 atom stereocenters. The van der Waals surface area contributed by atoms with Gasteiger partial charge in [-0.15, -0.1) is 10.2 Å². The molecule has 0 aliphatic carbocycles. The van der Waals surface area contributed by atoms with Gasteiger partial charge in [0.2, 0.25) is 0 Å². The van der Waals surface area contributed by atoms with Crippen LogP contribution in [0.4, 0.5) is 5.69 Å². The molecule has 2 aromatic heterocycles. The molecule has 118 valence electrons. The van der Waals surface area contributed by atoms with E-state index >= 15 is 0 Å². The molecule has 0 unspecified atom stereocenters. The van der Waals surface area contributed by atoms with E-state index in [-0.39, 0.29) is 17.1 Å². The zero-order chi connectivity index (χ0) is 16.6. The first kappa shape index (κ1) is 15.0. The molecular weight excluding hydrogens is 292 g/mol. The van der Waals surface area contributed by atoms with E-state index < -0.39 is 0 Å². The summed E-state index contributed by atoms with van der Waals surface area (Å²) in [6.45, 7) is 6.22. The average molecular weight is 310 g/mol. The number of anilines is 1. The van der Waals surface area contributed by atoms with Gasteiger partial charge in [-0.2, -0.15) is 0 Å². The molecule has 0 radical (unpaired) electrons. The molecule has 0 bridgehead atoms. The Bertz CT molecular complexity index is 878. The number of phenolic OH excluding ortho intramolecular Hbond substituents is 1. The molecule has 0 fully saturated rings. The fourth-order valence-electron chi connectivity index (χ4n) is 2.26. The lowest BCUT2D eigenvalue weighted by Crippen LogP contribution is -2.15. The maximum atomic E-state index is 12.4. The highest BCUT2D eigenvalue weighted by Crippen LogP contribution is 2.30. The number of carbonyl (C=O) groups is 1. The molecule has 0 saturated carbocycles. The van der Waals surface area contributed by atoms with Gasteiger partial charge >= 0.3 is 0 Å². The molecule has 0 saturated heterocycles. The zero-order valence-electron chi connectivity index (χ0n) is 13.2. The maximum Gasteiger partial charge on any atom is 0.257 e. The Morgan fingerprint density at radius 1 is 1.22 bits per heavy atom. The van der Waals surface area contributed by atoms with Crippen LogP contribution in [0.5, 0.6) is 5.75 Å². The smallest absolute Gasteiger partial charge is 0.257 e. The van der Waals surface area contributed by atoms with Crippen molar-refractivity contribution >= 4 is 17.2 Å². The summed E-state index contributed by atoms with van der Waals surface area (Å²) in [5.41, 5.74) is 2.47. The monoisotopic (exact) mass is 310 g/mol. The number of nitrogens with zero attached hydrogens (tertiary/aromatic N) is 3. The molecule has 1 amide bonds. The molecule has 6 heteroatoms. The van der Waals surface area contributed by atoms with Crippen LogP contribution >= 0.6 is 0 Å². The number of hydrogen-bond donors (Lipinski definition) is 2. The van der Waals surface area contributed by atoms with E-state index in [1.807, 2.05) is 6.07 Å². The van der Waals surface area contributed by atoms with Crippen LogP contribution in [-0.4, -0.2) is 25.6 Å². The number of aromatic nitrogens is 3. The lowest BCUT2D eigenvalue weighted by Gasteiger charge is -2.20. The third kappa shape index (κ3) is 3.01. The SMILES string of the molecule is CC(C)(C)c1ccc(O)c(NC(=O)c2ccc3nncn3c2)c1. The van der Waals surface area contributed by atoms with Crippen LogP contribution in [0.1, 0.15) is 36.7 Å². The third-order valence-corrected chi connectivity index (χ3v) is 3.66. The largest absolute Gasteiger partial charge is 0.506 e. The lowest BCUT2D eigenvalue weighted by atomic mass is 9.87. The van der Waals surface area contributed by atoms with Crippen molar-refractivity contribution in [3.8, 4) is 5.75 Å². The van der Waals surface area contributed by atoms with Gasteiger partial charge in [-0.3, -0.25) is 9.20 Å². The van der Waals surface area contributed by atoms with E-state index in [9.17, 15) is 9.90 Å². The van der Waals surface area contributed by atoms with Crippen molar-refractivity contribution in [3.05, 3.63) is 54.0 Å². The van der Waals surface area contributed by atoms with Gasteiger partial charge in [-0.05, 0) is 35.2 Å². The Morgan fingerprint density at radius 2 is 2.00 bits per heavy atom. The van der Waals surface area contributed by atoms with Gasteiger partial charge in [-0.25, -0.2) is 0 Å². The molecule has 1 aromatic carbocycles. The number of aromatic hydroxyl groups is 1. The first-order chi connectivity index (χ1) is 10.8. The van der Waals surface area contributed by atoms with Crippen molar-refractivity contribution in [1.29, 1.82) is 0 Å². The second-order valence-corrected chi connectivity index (χ2v) is 6.45. The fraction of sp³-hybridized carbons (Fsp3) is 0.235. The number of benzene rings is 1. The highest BCUT2D eigenvalue weighted by atomic mass is 16.3. The predicted molar refractivity (Wildman–Crippen MR) is 87.7 cm³/mol. The van der Waals surface area contributed by atoms with Gasteiger partial charge < -0.3 is 10.4 Å². The Labute approximate surface area is 133 Å². The zero-order valence-corrected chi connectivity index (χ0v) is 13.2. The highest BCUT2D eigenvalue weighted by Gasteiger charge is 2.17. The lowest BCUT2D eigenvalue weighted by molar-refractivity contribution is 0.102. The number of phenols is 1. The number of pyridine rings is 1. The van der Waals surface area contributed by atoms with Crippen molar-refractivity contribution < 1.29 is 9.90 Å². The molecule has 2 N–H and O–H groups in total. The Morgan fingerprint density at radius 3 is 2.74 bits per heavy atom. The summed E-state index contributed by atoms with van der Waals surface area (Å²) in [6.07, 6.45) is 3.18. The minimum atomic E-state index is -0.304. The van der Waals surface area contributed by atoms with E-state index in [4.69, 9.17) is 0 Å². The van der Waals surface area contributed by atoms with Crippen molar-refractivity contribution in [2.45, 2.75) is 26.2 Å². The topological polar surface area (TPSA) is 79.5 Å². The van der Waals surface area contributed by atoms with E-state index in [1.165, 1.54) is 6.33 Å². The summed E-state index contributed by atoms with van der Waals surface area (Å²) >= 11 is 0. The van der Waals surface area contributed by atoms with E-state index in [1.54, 1.807) is 34.9 Å². The molecule has 0 aliphatic heterocycles. The van der Waals surface area contributed by atoms with Crippen molar-refractivity contribution in [2.75, 3.05) is 5.32 Å². The van der Waals surface area contributed by atoms with Gasteiger partial charge in [0.25, 0.3) is 5.91 Å². The van der Waals surface area contributed by atoms with Crippen molar-refractivity contribution in [3.63, 3.8) is 0 Å². The Balaban J connectivity index is 1.90. The number of nitrogens with one attached hydrogen (secondary N) is 1. The molecule has 0 spiro atoms. The molecule has 3 rings (SSSR count). The van der Waals surface area contributed by atoms with Crippen LogP contribution in [-0.2, 0) is 5.41 Å². The van der Waals surface area contributed by atoms with Crippen LogP contribution in [0.15, 0.2) is 42.9 Å². The van der Waals surface area contributed by atoms with Crippen molar-refractivity contribution in [1.82, 2.24) is 14.6 Å². The molecule has 2 heterocycles. The quantitative estimate of drug-likeness (QED) is 0.713. The first-order valence-corrected chi connectivity index (χ1v) is 7.29. The number of carbonyl (C=O) groups excluding carboxylic acids is 1. The third-order valence-electron chi connectivity index (χ3n) is 3.66. The standard InChI is InChI=1S/C17H18N4O2/c1-17(2,3)12-5-6-14(22)13(8-12)19-16(23)11-4-7-15-20-18-10-21(15)9-11/h4-10,22H,1-3H3,(H,19,23). The maximum absolute atomic E-state index is 12.4. The number of rotatable bonds is 2. The minimum Gasteiger partial charge on any atom is -0.506 e. The van der Waals surface area contributed by atoms with Gasteiger partial charge in [0.15, 0.2) is 5.65 Å². The summed E-state index contributed by atoms with van der Waals surface area (Å²) < 4.78 is 1.67. The minimum absolute atomic E-state index is 0.0386. The Kier molecular flexibility index (Phi) is 3.52. The molecular formula is C17H18N4O2. The molecule has 3 aromatic rings. The average Bonchev–Trinajstić information content (AvgIpc) is 2.95. The molecule has 23 heavy (non-hydrogen) atoms. The van der Waals surface area contributed by atoms with E-state index in [0.717, 1.165) is 5.56 Å². The number of fused-ring (bicyclic) bond motifs is 1. The summed E-state index contributed by atoms with van der Waals surface area (Å²) in [5.74, 6) is -0.265. The number of amides is 1. The summed E-state index contributed by atoms with van der Waals surface area (Å²) in [6, 6.07) is 8.63. The van der Waals surface area contributed by atoms with E-state index in [2.05, 4.69) is 36.3 Å². The van der Waals surface area contributed by atoms with Crippen LogP contribution in [0.2, 0.25) is 0 Å². The normalized spacial score (nSPS) is 11.6. The van der Waals surface area contributed by atoms with Gasteiger partial charge in [-0.1, -0.05) is 26.8 Å².